The van der Waals surface area contributed by atoms with Crippen LogP contribution in [0.4, 0.5) is 0 Å². The van der Waals surface area contributed by atoms with Crippen LogP contribution in [0.2, 0.25) is 0 Å². The van der Waals surface area contributed by atoms with E-state index in [1.165, 1.54) is 64.6 Å². The van der Waals surface area contributed by atoms with Crippen LogP contribution in [0, 0.1) is 0 Å². The fraction of sp³-hybridized carbons (Fsp3) is 1.00. The Kier molecular flexibility index (Phi) is 4.45. The first-order valence-corrected chi connectivity index (χ1v) is 6.84. The Morgan fingerprint density at radius 3 is 2.40 bits per heavy atom. The molecule has 0 aromatic rings. The van der Waals surface area contributed by atoms with Gasteiger partial charge in [0.1, 0.15) is 0 Å². The van der Waals surface area contributed by atoms with Gasteiger partial charge in [0, 0.05) is 25.2 Å². The molecule has 1 saturated heterocycles. The van der Waals surface area contributed by atoms with Crippen LogP contribution in [0.15, 0.2) is 0 Å². The predicted molar refractivity (Wildman–Crippen MR) is 65.1 cm³/mol. The van der Waals surface area contributed by atoms with Crippen molar-refractivity contribution in [2.45, 2.75) is 64.0 Å². The number of rotatable bonds is 1. The zero-order chi connectivity index (χ0) is 10.5. The fourth-order valence-corrected chi connectivity index (χ4v) is 3.16. The highest BCUT2D eigenvalue weighted by Gasteiger charge is 2.25. The third-order valence-corrected chi connectivity index (χ3v) is 4.15. The molecule has 1 unspecified atom stereocenters. The Balaban J connectivity index is 1.92. The van der Waals surface area contributed by atoms with E-state index in [1.54, 1.807) is 0 Å². The molecule has 1 N–H and O–H groups in total. The second-order valence-corrected chi connectivity index (χ2v) is 5.27. The average molecular weight is 210 g/mol. The molecule has 1 atom stereocenters. The molecule has 0 radical (unpaired) electrons. The second-order valence-electron chi connectivity index (χ2n) is 5.27. The number of hydrogen-bond donors (Lipinski definition) is 1. The summed E-state index contributed by atoms with van der Waals surface area (Å²) in [6.07, 6.45) is 10.1. The highest BCUT2D eigenvalue weighted by atomic mass is 15.2. The van der Waals surface area contributed by atoms with Crippen LogP contribution in [-0.4, -0.2) is 36.6 Å². The van der Waals surface area contributed by atoms with Crippen molar-refractivity contribution < 1.29 is 0 Å². The molecule has 2 fully saturated rings. The standard InChI is InChI=1S/C13H26N2/c1-12-8-9-14-10-11-15(12)13-6-4-2-3-5-7-13/h12-14H,2-11H2,1H3. The lowest BCUT2D eigenvalue weighted by Gasteiger charge is -2.34. The van der Waals surface area contributed by atoms with Gasteiger partial charge in [-0.15, -0.1) is 0 Å². The Morgan fingerprint density at radius 1 is 0.933 bits per heavy atom. The predicted octanol–water partition coefficient (Wildman–Crippen LogP) is 2.39. The third-order valence-electron chi connectivity index (χ3n) is 4.15. The molecular weight excluding hydrogens is 184 g/mol. The van der Waals surface area contributed by atoms with Gasteiger partial charge in [-0.1, -0.05) is 25.7 Å². The molecule has 0 amide bonds. The zero-order valence-electron chi connectivity index (χ0n) is 10.2. The summed E-state index contributed by atoms with van der Waals surface area (Å²) < 4.78 is 0. The molecule has 1 saturated carbocycles. The first-order chi connectivity index (χ1) is 7.38. The van der Waals surface area contributed by atoms with Gasteiger partial charge in [-0.3, -0.25) is 4.90 Å². The molecule has 1 heterocycles. The normalized spacial score (nSPS) is 32.2. The molecule has 2 aliphatic rings. The van der Waals surface area contributed by atoms with Gasteiger partial charge in [0.2, 0.25) is 0 Å². The van der Waals surface area contributed by atoms with Crippen LogP contribution in [-0.2, 0) is 0 Å². The summed E-state index contributed by atoms with van der Waals surface area (Å²) in [4.78, 5) is 2.78. The minimum absolute atomic E-state index is 0.795. The fourth-order valence-electron chi connectivity index (χ4n) is 3.16. The van der Waals surface area contributed by atoms with Gasteiger partial charge in [0.15, 0.2) is 0 Å². The maximum atomic E-state index is 3.52. The van der Waals surface area contributed by atoms with Gasteiger partial charge in [-0.2, -0.15) is 0 Å². The summed E-state index contributed by atoms with van der Waals surface area (Å²) >= 11 is 0. The molecule has 0 bridgehead atoms. The Labute approximate surface area is 94.4 Å². The minimum Gasteiger partial charge on any atom is -0.315 e. The zero-order valence-corrected chi connectivity index (χ0v) is 10.2. The quantitative estimate of drug-likeness (QED) is 0.669. The van der Waals surface area contributed by atoms with Crippen molar-refractivity contribution in [3.63, 3.8) is 0 Å². The van der Waals surface area contributed by atoms with Crippen LogP contribution < -0.4 is 5.32 Å². The number of hydrogen-bond acceptors (Lipinski definition) is 2. The van der Waals surface area contributed by atoms with Gasteiger partial charge >= 0.3 is 0 Å². The van der Waals surface area contributed by atoms with Gasteiger partial charge in [-0.25, -0.2) is 0 Å². The average Bonchev–Trinajstić information content (AvgIpc) is 2.59. The topological polar surface area (TPSA) is 15.3 Å². The SMILES string of the molecule is CC1CCNCCN1C1CCCCCC1. The van der Waals surface area contributed by atoms with Crippen molar-refractivity contribution in [3.8, 4) is 0 Å². The first-order valence-electron chi connectivity index (χ1n) is 6.84. The molecular formula is C13H26N2. The second kappa shape index (κ2) is 5.86. The van der Waals surface area contributed by atoms with Crippen LogP contribution in [0.3, 0.4) is 0 Å². The van der Waals surface area contributed by atoms with Crippen molar-refractivity contribution in [3.05, 3.63) is 0 Å². The molecule has 88 valence electrons. The van der Waals surface area contributed by atoms with E-state index in [0.29, 0.717) is 0 Å². The number of nitrogens with zero attached hydrogens (tertiary/aromatic N) is 1. The monoisotopic (exact) mass is 210 g/mol. The molecule has 0 spiro atoms. The minimum atomic E-state index is 0.795. The maximum Gasteiger partial charge on any atom is 0.0113 e. The lowest BCUT2D eigenvalue weighted by molar-refractivity contribution is 0.138. The summed E-state index contributed by atoms with van der Waals surface area (Å²) in [6.45, 7) is 6.09. The maximum absolute atomic E-state index is 3.52. The van der Waals surface area contributed by atoms with Crippen molar-refractivity contribution in [1.82, 2.24) is 10.2 Å². The van der Waals surface area contributed by atoms with Crippen LogP contribution in [0.25, 0.3) is 0 Å². The highest BCUT2D eigenvalue weighted by molar-refractivity contribution is 4.81. The van der Waals surface area contributed by atoms with E-state index >= 15 is 0 Å². The summed E-state index contributed by atoms with van der Waals surface area (Å²) in [5.41, 5.74) is 0. The Hall–Kier alpha value is -0.0800. The molecule has 1 aliphatic heterocycles. The lowest BCUT2D eigenvalue weighted by Crippen LogP contribution is -2.42. The summed E-state index contributed by atoms with van der Waals surface area (Å²) in [5.74, 6) is 0. The molecule has 0 aromatic carbocycles. The van der Waals surface area contributed by atoms with Crippen LogP contribution >= 0.6 is 0 Å². The van der Waals surface area contributed by atoms with E-state index in [4.69, 9.17) is 0 Å². The summed E-state index contributed by atoms with van der Waals surface area (Å²) in [5, 5.41) is 3.52. The summed E-state index contributed by atoms with van der Waals surface area (Å²) in [6, 6.07) is 1.69. The van der Waals surface area contributed by atoms with Crippen LogP contribution in [0.1, 0.15) is 51.9 Å². The molecule has 2 heteroatoms. The Morgan fingerprint density at radius 2 is 1.67 bits per heavy atom. The van der Waals surface area contributed by atoms with Crippen molar-refractivity contribution in [1.29, 1.82) is 0 Å². The molecule has 1 aliphatic carbocycles. The van der Waals surface area contributed by atoms with E-state index in [0.717, 1.165) is 12.1 Å². The highest BCUT2D eigenvalue weighted by Crippen LogP contribution is 2.24. The first kappa shape index (κ1) is 11.4. The van der Waals surface area contributed by atoms with Crippen LogP contribution in [0.5, 0.6) is 0 Å². The lowest BCUT2D eigenvalue weighted by atomic mass is 10.0. The van der Waals surface area contributed by atoms with E-state index in [9.17, 15) is 0 Å². The van der Waals surface area contributed by atoms with E-state index in [1.807, 2.05) is 0 Å². The smallest absolute Gasteiger partial charge is 0.0113 e. The van der Waals surface area contributed by atoms with Crippen molar-refractivity contribution in [2.75, 3.05) is 19.6 Å². The van der Waals surface area contributed by atoms with E-state index in [-0.39, 0.29) is 0 Å². The van der Waals surface area contributed by atoms with Gasteiger partial charge in [-0.05, 0) is 32.7 Å². The Bertz CT molecular complexity index is 173. The van der Waals surface area contributed by atoms with Gasteiger partial charge < -0.3 is 5.32 Å². The summed E-state index contributed by atoms with van der Waals surface area (Å²) in [7, 11) is 0. The van der Waals surface area contributed by atoms with Crippen molar-refractivity contribution in [2.24, 2.45) is 0 Å². The van der Waals surface area contributed by atoms with Crippen molar-refractivity contribution >= 4 is 0 Å². The van der Waals surface area contributed by atoms with Gasteiger partial charge in [0.25, 0.3) is 0 Å². The molecule has 2 rings (SSSR count). The van der Waals surface area contributed by atoms with Gasteiger partial charge in [0.05, 0.1) is 0 Å². The molecule has 0 aromatic heterocycles. The third kappa shape index (κ3) is 3.18. The number of nitrogens with one attached hydrogen (secondary N) is 1. The van der Waals surface area contributed by atoms with E-state index < -0.39 is 0 Å². The van der Waals surface area contributed by atoms with E-state index in [2.05, 4.69) is 17.1 Å². The molecule has 15 heavy (non-hydrogen) atoms. The largest absolute Gasteiger partial charge is 0.315 e. The molecule has 2 nitrogen and oxygen atoms in total.